The quantitative estimate of drug-likeness (QED) is 0.458. The first-order valence-electron chi connectivity index (χ1n) is 13.9. The maximum Gasteiger partial charge on any atom is 0.416 e. The number of nitrogens with one attached hydrogen (secondary N) is 1. The van der Waals surface area contributed by atoms with Crippen molar-refractivity contribution in [1.29, 1.82) is 0 Å². The van der Waals surface area contributed by atoms with Crippen molar-refractivity contribution in [2.24, 2.45) is 0 Å². The number of ether oxygens (including phenoxy) is 2. The highest BCUT2D eigenvalue weighted by atomic mass is 19.4. The molecule has 1 N–H and O–H groups in total. The summed E-state index contributed by atoms with van der Waals surface area (Å²) in [5, 5.41) is 2.61. The Balaban J connectivity index is 1.66. The molecule has 1 fully saturated rings. The third-order valence-corrected chi connectivity index (χ3v) is 7.41. The second-order valence-corrected chi connectivity index (χ2v) is 9.94. The molecule has 9 nitrogen and oxygen atoms in total. The molecule has 2 aliphatic heterocycles. The minimum Gasteiger partial charge on any atom is -0.497 e. The lowest BCUT2D eigenvalue weighted by Gasteiger charge is -2.38. The van der Waals surface area contributed by atoms with Gasteiger partial charge in [0.15, 0.2) is 0 Å². The van der Waals surface area contributed by atoms with E-state index in [4.69, 9.17) is 9.47 Å². The SMILES string of the molecule is CCOC(=O)C1=C(CN2CCCN(C(=O)c3ccc(OC)cc3)CC2)N(CC)C(=O)NC1c1ccccc1C(F)(F)F. The number of esters is 1. The average molecular weight is 589 g/mol. The van der Waals surface area contributed by atoms with Gasteiger partial charge in [-0.1, -0.05) is 18.2 Å². The van der Waals surface area contributed by atoms with Gasteiger partial charge in [-0.25, -0.2) is 9.59 Å². The Bertz CT molecular complexity index is 1330. The fraction of sp³-hybridized carbons (Fsp3) is 0.433. The molecule has 1 atom stereocenters. The minimum absolute atomic E-state index is 0.00939. The monoisotopic (exact) mass is 588 g/mol. The molecule has 0 aromatic heterocycles. The van der Waals surface area contributed by atoms with Crippen LogP contribution in [-0.2, 0) is 15.7 Å². The summed E-state index contributed by atoms with van der Waals surface area (Å²) in [7, 11) is 1.55. The molecule has 0 aliphatic carbocycles. The Morgan fingerprint density at radius 2 is 1.71 bits per heavy atom. The van der Waals surface area contributed by atoms with Gasteiger partial charge in [0.2, 0.25) is 0 Å². The number of carbonyl (C=O) groups is 3. The van der Waals surface area contributed by atoms with Gasteiger partial charge in [0.25, 0.3) is 5.91 Å². The molecule has 226 valence electrons. The summed E-state index contributed by atoms with van der Waals surface area (Å²) in [5.41, 5.74) is -0.392. The van der Waals surface area contributed by atoms with Crippen LogP contribution in [0.1, 0.15) is 47.8 Å². The van der Waals surface area contributed by atoms with Crippen LogP contribution >= 0.6 is 0 Å². The van der Waals surface area contributed by atoms with Crippen LogP contribution in [0.15, 0.2) is 59.8 Å². The smallest absolute Gasteiger partial charge is 0.416 e. The van der Waals surface area contributed by atoms with Crippen LogP contribution < -0.4 is 10.1 Å². The summed E-state index contributed by atoms with van der Waals surface area (Å²) < 4.78 is 52.5. The molecular weight excluding hydrogens is 553 g/mol. The van der Waals surface area contributed by atoms with Crippen LogP contribution in [-0.4, -0.2) is 85.6 Å². The summed E-state index contributed by atoms with van der Waals surface area (Å²) in [6, 6.07) is 9.80. The van der Waals surface area contributed by atoms with Crippen molar-refractivity contribution in [3.05, 3.63) is 76.5 Å². The van der Waals surface area contributed by atoms with Crippen LogP contribution in [0.25, 0.3) is 0 Å². The van der Waals surface area contributed by atoms with Crippen molar-refractivity contribution >= 4 is 17.9 Å². The van der Waals surface area contributed by atoms with Gasteiger partial charge in [0.05, 0.1) is 30.9 Å². The largest absolute Gasteiger partial charge is 0.497 e. The van der Waals surface area contributed by atoms with Gasteiger partial charge in [-0.15, -0.1) is 0 Å². The minimum atomic E-state index is -4.70. The van der Waals surface area contributed by atoms with E-state index in [1.54, 1.807) is 50.1 Å². The first-order chi connectivity index (χ1) is 20.1. The topological polar surface area (TPSA) is 91.4 Å². The lowest BCUT2D eigenvalue weighted by Crippen LogP contribution is -2.51. The van der Waals surface area contributed by atoms with E-state index in [1.807, 2.05) is 4.90 Å². The summed E-state index contributed by atoms with van der Waals surface area (Å²) in [6.07, 6.45) is -4.07. The van der Waals surface area contributed by atoms with Gasteiger partial charge in [-0.3, -0.25) is 14.6 Å². The van der Waals surface area contributed by atoms with Gasteiger partial charge in [-0.05, 0) is 56.2 Å². The Labute approximate surface area is 242 Å². The van der Waals surface area contributed by atoms with E-state index in [2.05, 4.69) is 5.32 Å². The molecular formula is C30H35F3N4O5. The summed E-state index contributed by atoms with van der Waals surface area (Å²) in [4.78, 5) is 44.9. The van der Waals surface area contributed by atoms with Gasteiger partial charge in [-0.2, -0.15) is 13.2 Å². The van der Waals surface area contributed by atoms with E-state index in [1.165, 1.54) is 23.1 Å². The predicted molar refractivity (Wildman–Crippen MR) is 149 cm³/mol. The number of amides is 3. The third kappa shape index (κ3) is 6.70. The number of nitrogens with zero attached hydrogens (tertiary/aromatic N) is 3. The molecule has 1 unspecified atom stereocenters. The van der Waals surface area contributed by atoms with Crippen LogP contribution in [0.5, 0.6) is 5.75 Å². The number of benzene rings is 2. The maximum atomic E-state index is 14.0. The van der Waals surface area contributed by atoms with Gasteiger partial charge in [0, 0.05) is 50.5 Å². The molecule has 2 heterocycles. The second kappa shape index (κ2) is 13.3. The lowest BCUT2D eigenvalue weighted by molar-refractivity contribution is -0.141. The normalized spacial score (nSPS) is 18.4. The van der Waals surface area contributed by atoms with Crippen LogP contribution in [0.2, 0.25) is 0 Å². The molecule has 0 bridgehead atoms. The molecule has 4 rings (SSSR count). The summed E-state index contributed by atoms with van der Waals surface area (Å²) in [6.45, 7) is 5.53. The van der Waals surface area contributed by atoms with E-state index in [9.17, 15) is 27.6 Å². The molecule has 2 aliphatic rings. The van der Waals surface area contributed by atoms with Gasteiger partial charge < -0.3 is 19.7 Å². The van der Waals surface area contributed by atoms with E-state index < -0.39 is 29.8 Å². The average Bonchev–Trinajstić information content (AvgIpc) is 3.22. The zero-order chi connectivity index (χ0) is 30.4. The van der Waals surface area contributed by atoms with Gasteiger partial charge >= 0.3 is 18.2 Å². The van der Waals surface area contributed by atoms with E-state index >= 15 is 0 Å². The van der Waals surface area contributed by atoms with Crippen molar-refractivity contribution in [1.82, 2.24) is 20.0 Å². The first kappa shape index (κ1) is 30.9. The van der Waals surface area contributed by atoms with Crippen molar-refractivity contribution in [3.8, 4) is 5.75 Å². The molecule has 2 aromatic rings. The fourth-order valence-electron chi connectivity index (χ4n) is 5.36. The van der Waals surface area contributed by atoms with Crippen LogP contribution in [0.4, 0.5) is 18.0 Å². The van der Waals surface area contributed by atoms with Crippen molar-refractivity contribution in [2.75, 3.05) is 53.0 Å². The molecule has 3 amide bonds. The number of likely N-dealkylation sites (N-methyl/N-ethyl adjacent to an activating group) is 1. The maximum absolute atomic E-state index is 14.0. The molecule has 0 radical (unpaired) electrons. The number of rotatable bonds is 8. The lowest BCUT2D eigenvalue weighted by atomic mass is 9.90. The van der Waals surface area contributed by atoms with Crippen molar-refractivity contribution in [3.63, 3.8) is 0 Å². The van der Waals surface area contributed by atoms with Crippen LogP contribution in [0.3, 0.4) is 0 Å². The number of alkyl halides is 3. The summed E-state index contributed by atoms with van der Waals surface area (Å²) in [5.74, 6) is -0.270. The predicted octanol–water partition coefficient (Wildman–Crippen LogP) is 4.47. The number of hydrogen-bond acceptors (Lipinski definition) is 6. The van der Waals surface area contributed by atoms with Crippen LogP contribution in [0, 0.1) is 0 Å². The Hall–Kier alpha value is -4.06. The Morgan fingerprint density at radius 1 is 1.00 bits per heavy atom. The first-order valence-corrected chi connectivity index (χ1v) is 13.9. The molecule has 42 heavy (non-hydrogen) atoms. The number of carbonyl (C=O) groups excluding carboxylic acids is 3. The highest BCUT2D eigenvalue weighted by molar-refractivity contribution is 5.95. The molecule has 12 heteroatoms. The fourth-order valence-corrected chi connectivity index (χ4v) is 5.36. The van der Waals surface area contributed by atoms with E-state index in [-0.39, 0.29) is 42.4 Å². The molecule has 0 spiro atoms. The Morgan fingerprint density at radius 3 is 2.36 bits per heavy atom. The van der Waals surface area contributed by atoms with E-state index in [0.717, 1.165) is 6.07 Å². The number of hydrogen-bond donors (Lipinski definition) is 1. The zero-order valence-electron chi connectivity index (χ0n) is 23.9. The standard InChI is InChI=1S/C30H35F3N4O5/c1-4-37-24(19-35-15-8-16-36(18-17-35)27(38)20-11-13-21(41-3)14-12-20)25(28(39)42-5-2)26(34-29(37)40)22-9-6-7-10-23(22)30(31,32)33/h6-7,9-14,26H,4-5,8,15-19H2,1-3H3,(H,34,40). The zero-order valence-corrected chi connectivity index (χ0v) is 23.9. The number of halogens is 3. The van der Waals surface area contributed by atoms with E-state index in [0.29, 0.717) is 43.9 Å². The Kier molecular flexibility index (Phi) is 9.77. The molecule has 2 aromatic carbocycles. The molecule has 0 saturated carbocycles. The number of urea groups is 1. The second-order valence-electron chi connectivity index (χ2n) is 9.94. The van der Waals surface area contributed by atoms with Crippen molar-refractivity contribution < 1.29 is 37.0 Å². The van der Waals surface area contributed by atoms with Gasteiger partial charge in [0.1, 0.15) is 5.75 Å². The van der Waals surface area contributed by atoms with Crippen molar-refractivity contribution in [2.45, 2.75) is 32.5 Å². The highest BCUT2D eigenvalue weighted by Crippen LogP contribution is 2.39. The highest BCUT2D eigenvalue weighted by Gasteiger charge is 2.42. The molecule has 1 saturated heterocycles. The third-order valence-electron chi connectivity index (χ3n) is 7.41. The number of methoxy groups -OCH3 is 1. The summed E-state index contributed by atoms with van der Waals surface area (Å²) >= 11 is 0.